The van der Waals surface area contributed by atoms with E-state index in [0.717, 1.165) is 0 Å². The molecule has 0 radical (unpaired) electrons. The van der Waals surface area contributed by atoms with Crippen LogP contribution in [0.1, 0.15) is 18.9 Å². The third-order valence-electron chi connectivity index (χ3n) is 6.02. The largest absolute Gasteiger partial charge is 0.396 e. The minimum absolute atomic E-state index is 0.190. The molecule has 10 N–H and O–H groups in total. The molecule has 0 heterocycles. The van der Waals surface area contributed by atoms with Gasteiger partial charge in [-0.15, -0.1) is 0 Å². The Morgan fingerprint density at radius 3 is 2.31 bits per heavy atom. The molecule has 0 aromatic heterocycles. The first-order chi connectivity index (χ1) is 17.0. The van der Waals surface area contributed by atoms with E-state index in [4.69, 9.17) is 4.74 Å². The molecule has 2 rings (SSSR count). The van der Waals surface area contributed by atoms with Crippen LogP contribution >= 0.6 is 0 Å². The third-order valence-corrected chi connectivity index (χ3v) is 6.02. The lowest BCUT2D eigenvalue weighted by Crippen LogP contribution is -2.59. The molecule has 1 saturated carbocycles. The van der Waals surface area contributed by atoms with Crippen molar-refractivity contribution < 1.29 is 55.2 Å². The Kier molecular flexibility index (Phi) is 11.3. The van der Waals surface area contributed by atoms with Crippen molar-refractivity contribution in [3.8, 4) is 0 Å². The fraction of sp³-hybridized carbons (Fsp3) is 0.591. The van der Waals surface area contributed by atoms with Crippen molar-refractivity contribution in [3.63, 3.8) is 0 Å². The molecule has 0 aliphatic heterocycles. The Morgan fingerprint density at radius 2 is 1.75 bits per heavy atom. The summed E-state index contributed by atoms with van der Waals surface area (Å²) in [6.07, 6.45) is -13.8. The number of hydrogen-bond acceptors (Lipinski definition) is 12. The lowest BCUT2D eigenvalue weighted by Gasteiger charge is -2.42. The highest BCUT2D eigenvalue weighted by atomic mass is 16.5. The predicted molar refractivity (Wildman–Crippen MR) is 123 cm³/mol. The number of carbonyl (C=O) groups is 2. The number of anilines is 1. The number of hydrogen-bond donors (Lipinski definition) is 10. The zero-order valence-electron chi connectivity index (χ0n) is 19.5. The van der Waals surface area contributed by atoms with Crippen LogP contribution in [0.2, 0.25) is 0 Å². The molecule has 0 saturated heterocycles. The highest BCUT2D eigenvalue weighted by Crippen LogP contribution is 2.29. The number of rotatable bonds is 12. The van der Waals surface area contributed by atoms with Gasteiger partial charge in [0, 0.05) is 18.2 Å². The second-order valence-electron chi connectivity index (χ2n) is 8.49. The highest BCUT2D eigenvalue weighted by molar-refractivity contribution is 5.99. The third kappa shape index (κ3) is 7.25. The Hall–Kier alpha value is -2.53. The lowest BCUT2D eigenvalue weighted by molar-refractivity contribution is -0.224. The summed E-state index contributed by atoms with van der Waals surface area (Å²) in [6, 6.07) is 6.42. The quantitative estimate of drug-likeness (QED) is 0.0731. The fourth-order valence-electron chi connectivity index (χ4n) is 3.78. The monoisotopic (exact) mass is 515 g/mol. The molecular weight excluding hydrogens is 482 g/mol. The van der Waals surface area contributed by atoms with Crippen LogP contribution in [0.15, 0.2) is 29.4 Å². The maximum absolute atomic E-state index is 12.4. The number of aliphatic hydroxyl groups excluding tert-OH is 8. The van der Waals surface area contributed by atoms with E-state index in [0.29, 0.717) is 23.4 Å². The van der Waals surface area contributed by atoms with Gasteiger partial charge in [0.25, 0.3) is 5.91 Å². The van der Waals surface area contributed by atoms with Gasteiger partial charge < -0.3 is 50.9 Å². The van der Waals surface area contributed by atoms with Crippen LogP contribution in [0, 0.1) is 5.92 Å². The number of ether oxygens (including phenoxy) is 1. The van der Waals surface area contributed by atoms with Crippen molar-refractivity contribution in [3.05, 3.63) is 29.8 Å². The van der Waals surface area contributed by atoms with Gasteiger partial charge in [0.15, 0.2) is 6.10 Å². The molecule has 202 valence electrons. The smallest absolute Gasteiger partial charge is 0.271 e. The van der Waals surface area contributed by atoms with Crippen LogP contribution in [-0.4, -0.2) is 121 Å². The van der Waals surface area contributed by atoms with Crippen molar-refractivity contribution in [1.82, 2.24) is 5.43 Å². The van der Waals surface area contributed by atoms with Crippen LogP contribution in [0.3, 0.4) is 0 Å². The first-order valence-electron chi connectivity index (χ1n) is 11.2. The van der Waals surface area contributed by atoms with E-state index in [1.165, 1.54) is 0 Å². The van der Waals surface area contributed by atoms with Gasteiger partial charge >= 0.3 is 0 Å². The van der Waals surface area contributed by atoms with E-state index in [2.05, 4.69) is 15.8 Å². The van der Waals surface area contributed by atoms with Crippen molar-refractivity contribution in [2.75, 3.05) is 18.5 Å². The topological polar surface area (TPSA) is 242 Å². The number of carbonyl (C=O) groups excluding carboxylic acids is 2. The molecule has 1 aromatic rings. The van der Waals surface area contributed by atoms with Gasteiger partial charge in [-0.3, -0.25) is 9.59 Å². The van der Waals surface area contributed by atoms with Crippen LogP contribution in [0.25, 0.3) is 0 Å². The molecule has 14 nitrogen and oxygen atoms in total. The van der Waals surface area contributed by atoms with Gasteiger partial charge in [0.05, 0.1) is 24.5 Å². The molecule has 1 aliphatic rings. The molecular formula is C22H33N3O11. The number of hydrazone groups is 1. The highest BCUT2D eigenvalue weighted by Gasteiger charge is 2.46. The second-order valence-corrected chi connectivity index (χ2v) is 8.49. The Morgan fingerprint density at radius 1 is 1.11 bits per heavy atom. The van der Waals surface area contributed by atoms with Gasteiger partial charge in [0.2, 0.25) is 6.41 Å². The maximum Gasteiger partial charge on any atom is 0.271 e. The summed E-state index contributed by atoms with van der Waals surface area (Å²) in [7, 11) is 0. The SMILES string of the molecule is C/C(=N\NC(=O)[C@H](O)C(O)[C@H](OC1C[C@H](CO)[C@H](O)[C@H](O)[C@H]1O)[C@H](O)CO)c1ccc(NC=O)cc1. The zero-order valence-corrected chi connectivity index (χ0v) is 19.5. The number of nitrogens with zero attached hydrogens (tertiary/aromatic N) is 1. The van der Waals surface area contributed by atoms with Gasteiger partial charge in [-0.1, -0.05) is 12.1 Å². The Balaban J connectivity index is 2.09. The molecule has 2 unspecified atom stereocenters. The average Bonchev–Trinajstić information content (AvgIpc) is 2.89. The van der Waals surface area contributed by atoms with Crippen LogP contribution in [0.5, 0.6) is 0 Å². The van der Waals surface area contributed by atoms with Gasteiger partial charge in [-0.25, -0.2) is 5.43 Å². The molecule has 0 spiro atoms. The zero-order chi connectivity index (χ0) is 27.0. The van der Waals surface area contributed by atoms with E-state index in [1.54, 1.807) is 31.2 Å². The van der Waals surface area contributed by atoms with Crippen molar-refractivity contribution in [2.24, 2.45) is 11.0 Å². The lowest BCUT2D eigenvalue weighted by atomic mass is 9.81. The molecule has 36 heavy (non-hydrogen) atoms. The van der Waals surface area contributed by atoms with Crippen molar-refractivity contribution >= 4 is 23.7 Å². The molecule has 14 heteroatoms. The summed E-state index contributed by atoms with van der Waals surface area (Å²) in [4.78, 5) is 22.9. The van der Waals surface area contributed by atoms with E-state index in [9.17, 15) is 50.4 Å². The van der Waals surface area contributed by atoms with E-state index in [-0.39, 0.29) is 6.42 Å². The van der Waals surface area contributed by atoms with Crippen LogP contribution in [-0.2, 0) is 14.3 Å². The van der Waals surface area contributed by atoms with E-state index < -0.39 is 73.9 Å². The first kappa shape index (κ1) is 29.7. The summed E-state index contributed by atoms with van der Waals surface area (Å²) in [5.41, 5.74) is 3.49. The number of aliphatic hydroxyl groups is 8. The normalized spacial score (nSPS) is 28.0. The second kappa shape index (κ2) is 13.7. The summed E-state index contributed by atoms with van der Waals surface area (Å²) in [6.45, 7) is 0.0491. The minimum Gasteiger partial charge on any atom is -0.396 e. The molecule has 1 aromatic carbocycles. The van der Waals surface area contributed by atoms with E-state index in [1.807, 2.05) is 0 Å². The van der Waals surface area contributed by atoms with Gasteiger partial charge in [0.1, 0.15) is 30.5 Å². The summed E-state index contributed by atoms with van der Waals surface area (Å²) in [5.74, 6) is -2.07. The van der Waals surface area contributed by atoms with E-state index >= 15 is 0 Å². The Bertz CT molecular complexity index is 882. The molecule has 0 bridgehead atoms. The maximum atomic E-state index is 12.4. The van der Waals surface area contributed by atoms with Gasteiger partial charge in [-0.05, 0) is 31.0 Å². The van der Waals surface area contributed by atoms with Crippen LogP contribution < -0.4 is 10.7 Å². The standard InChI is InChI=1S/C22H33N3O11/c1-10(11-2-4-13(5-3-11)23-9-28)24-25-22(35)20(34)19(33)21(14(29)8-27)36-15-6-12(7-26)16(30)18(32)17(15)31/h2-5,9,12,14-21,26-27,29-34H,6-8H2,1H3,(H,23,28)(H,25,35)/b24-10+/t12-,14-,15?,16+,17+,18+,19?,20-,21-/m1/s1. The first-order valence-corrected chi connectivity index (χ1v) is 11.2. The molecule has 9 atom stereocenters. The van der Waals surface area contributed by atoms with Crippen LogP contribution in [0.4, 0.5) is 5.69 Å². The van der Waals surface area contributed by atoms with Crippen molar-refractivity contribution in [2.45, 2.75) is 62.2 Å². The number of nitrogens with one attached hydrogen (secondary N) is 2. The molecule has 1 fully saturated rings. The fourth-order valence-corrected chi connectivity index (χ4v) is 3.78. The molecule has 1 aliphatic carbocycles. The summed E-state index contributed by atoms with van der Waals surface area (Å²) < 4.78 is 5.47. The average molecular weight is 516 g/mol. The van der Waals surface area contributed by atoms with Gasteiger partial charge in [-0.2, -0.15) is 5.10 Å². The molecule has 2 amide bonds. The number of benzene rings is 1. The Labute approximate surface area is 206 Å². The summed E-state index contributed by atoms with van der Waals surface area (Å²) >= 11 is 0. The van der Waals surface area contributed by atoms with Crippen molar-refractivity contribution in [1.29, 1.82) is 0 Å². The minimum atomic E-state index is -2.20. The summed E-state index contributed by atoms with van der Waals surface area (Å²) in [5, 5.41) is 86.2. The number of amides is 2. The predicted octanol–water partition coefficient (Wildman–Crippen LogP) is -3.98.